The fraction of sp³-hybridized carbons (Fsp3) is 0.353. The number of hydrogen-bond acceptors (Lipinski definition) is 5. The maximum Gasteiger partial charge on any atom is 0.342 e. The summed E-state index contributed by atoms with van der Waals surface area (Å²) in [7, 11) is 0. The van der Waals surface area contributed by atoms with Crippen LogP contribution in [0.1, 0.15) is 38.6 Å². The first-order chi connectivity index (χ1) is 11.5. The van der Waals surface area contributed by atoms with Crippen LogP contribution in [-0.4, -0.2) is 32.4 Å². The Morgan fingerprint density at radius 3 is 2.83 bits per heavy atom. The Balaban J connectivity index is 2.26. The van der Waals surface area contributed by atoms with Gasteiger partial charge >= 0.3 is 5.97 Å². The molecule has 0 atom stereocenters. The molecule has 2 N–H and O–H groups in total. The zero-order valence-corrected chi connectivity index (χ0v) is 14.8. The van der Waals surface area contributed by atoms with Gasteiger partial charge in [0.2, 0.25) is 5.16 Å². The molecule has 0 saturated heterocycles. The molecule has 0 unspecified atom stereocenters. The van der Waals surface area contributed by atoms with Gasteiger partial charge in [-0.2, -0.15) is 0 Å². The van der Waals surface area contributed by atoms with E-state index in [0.717, 1.165) is 30.4 Å². The van der Waals surface area contributed by atoms with Gasteiger partial charge in [0.25, 0.3) is 0 Å². The minimum Gasteiger partial charge on any atom is -0.490 e. The van der Waals surface area contributed by atoms with Gasteiger partial charge in [0, 0.05) is 12.0 Å². The number of thioether (sulfide) groups is 1. The fourth-order valence-electron chi connectivity index (χ4n) is 2.01. The number of benzene rings is 1. The highest BCUT2D eigenvalue weighted by molar-refractivity contribution is 8.04. The first kappa shape index (κ1) is 18.1. The predicted octanol–water partition coefficient (Wildman–Crippen LogP) is 3.76. The van der Waals surface area contributed by atoms with Gasteiger partial charge in [0.1, 0.15) is 16.5 Å². The van der Waals surface area contributed by atoms with E-state index < -0.39 is 5.97 Å². The molecule has 0 fully saturated rings. The number of ether oxygens (including phenoxy) is 1. The average Bonchev–Trinajstić information content (AvgIpc) is 2.95. The second-order valence-electron chi connectivity index (χ2n) is 5.43. The monoisotopic (exact) mass is 347 g/mol. The molecule has 1 heterocycles. The summed E-state index contributed by atoms with van der Waals surface area (Å²) in [5.74, 6) is 0.378. The van der Waals surface area contributed by atoms with E-state index in [1.54, 1.807) is 6.08 Å². The molecule has 0 aliphatic carbocycles. The summed E-state index contributed by atoms with van der Waals surface area (Å²) in [6, 6.07) is 7.34. The van der Waals surface area contributed by atoms with Crippen molar-refractivity contribution in [2.24, 2.45) is 0 Å². The number of nitrogens with one attached hydrogen (secondary N) is 1. The van der Waals surface area contributed by atoms with Crippen LogP contribution in [-0.2, 0) is 11.2 Å². The number of para-hydroxylation sites is 1. The molecule has 0 saturated carbocycles. The highest BCUT2D eigenvalue weighted by Gasteiger charge is 2.15. The van der Waals surface area contributed by atoms with Crippen molar-refractivity contribution < 1.29 is 14.6 Å². The number of aromatic amines is 1. The quantitative estimate of drug-likeness (QED) is 0.558. The van der Waals surface area contributed by atoms with Crippen LogP contribution in [0.15, 0.2) is 34.3 Å². The van der Waals surface area contributed by atoms with Crippen LogP contribution in [0.5, 0.6) is 5.75 Å². The summed E-state index contributed by atoms with van der Waals surface area (Å²) < 4.78 is 5.73. The van der Waals surface area contributed by atoms with E-state index in [9.17, 15) is 9.90 Å². The van der Waals surface area contributed by atoms with E-state index in [-0.39, 0.29) is 11.0 Å². The Hall–Kier alpha value is -2.28. The molecule has 7 heteroatoms. The third-order valence-corrected chi connectivity index (χ3v) is 3.86. The van der Waals surface area contributed by atoms with Crippen LogP contribution < -0.4 is 4.74 Å². The lowest BCUT2D eigenvalue weighted by atomic mass is 10.2. The van der Waals surface area contributed by atoms with Crippen molar-refractivity contribution in [1.82, 2.24) is 15.2 Å². The maximum absolute atomic E-state index is 11.6. The first-order valence-electron chi connectivity index (χ1n) is 7.79. The second kappa shape index (κ2) is 8.54. The lowest BCUT2D eigenvalue weighted by Gasteiger charge is -2.12. The molecule has 2 aromatic rings. The number of H-pyrrole nitrogens is 1. The third-order valence-electron chi connectivity index (χ3n) is 2.98. The van der Waals surface area contributed by atoms with Crippen LogP contribution in [0.25, 0.3) is 6.08 Å². The minimum absolute atomic E-state index is 0.00471. The molecule has 0 amide bonds. The molecule has 2 rings (SSSR count). The van der Waals surface area contributed by atoms with Crippen molar-refractivity contribution in [1.29, 1.82) is 0 Å². The van der Waals surface area contributed by atoms with Crippen molar-refractivity contribution in [3.8, 4) is 5.75 Å². The maximum atomic E-state index is 11.6. The normalized spacial score (nSPS) is 11.8. The average molecular weight is 347 g/mol. The van der Waals surface area contributed by atoms with Gasteiger partial charge in [-0.1, -0.05) is 25.1 Å². The Morgan fingerprint density at radius 1 is 1.42 bits per heavy atom. The molecular formula is C17H21N3O3S. The SMILES string of the molecule is CCCc1nc(S/C(=C\c2ccccc2OC(C)C)C(=O)O)n[nH]1. The zero-order valence-electron chi connectivity index (χ0n) is 13.9. The predicted molar refractivity (Wildman–Crippen MR) is 94.1 cm³/mol. The number of carboxylic acid groups (broad SMARTS) is 1. The summed E-state index contributed by atoms with van der Waals surface area (Å²) in [6.45, 7) is 5.90. The molecule has 24 heavy (non-hydrogen) atoms. The van der Waals surface area contributed by atoms with E-state index >= 15 is 0 Å². The van der Waals surface area contributed by atoms with E-state index in [1.165, 1.54) is 0 Å². The van der Waals surface area contributed by atoms with E-state index in [0.29, 0.717) is 16.5 Å². The number of aromatic nitrogens is 3. The zero-order chi connectivity index (χ0) is 17.5. The lowest BCUT2D eigenvalue weighted by molar-refractivity contribution is -0.131. The van der Waals surface area contributed by atoms with Crippen LogP contribution in [0.3, 0.4) is 0 Å². The van der Waals surface area contributed by atoms with Crippen LogP contribution in [0, 0.1) is 0 Å². The Morgan fingerprint density at radius 2 is 2.17 bits per heavy atom. The van der Waals surface area contributed by atoms with Crippen molar-refractivity contribution >= 4 is 23.8 Å². The molecule has 0 radical (unpaired) electrons. The summed E-state index contributed by atoms with van der Waals surface area (Å²) in [4.78, 5) is 16.0. The lowest BCUT2D eigenvalue weighted by Crippen LogP contribution is -2.06. The van der Waals surface area contributed by atoms with Gasteiger partial charge in [0.05, 0.1) is 6.10 Å². The number of nitrogens with zero attached hydrogens (tertiary/aromatic N) is 2. The van der Waals surface area contributed by atoms with Crippen LogP contribution >= 0.6 is 11.8 Å². The van der Waals surface area contributed by atoms with E-state index in [4.69, 9.17) is 4.74 Å². The number of hydrogen-bond donors (Lipinski definition) is 2. The van der Waals surface area contributed by atoms with Crippen LogP contribution in [0.2, 0.25) is 0 Å². The summed E-state index contributed by atoms with van der Waals surface area (Å²) >= 11 is 1.02. The van der Waals surface area contributed by atoms with Crippen molar-refractivity contribution in [3.63, 3.8) is 0 Å². The van der Waals surface area contributed by atoms with Gasteiger partial charge in [-0.25, -0.2) is 9.78 Å². The number of carbonyl (C=O) groups is 1. The number of aryl methyl sites for hydroxylation is 1. The summed E-state index contributed by atoms with van der Waals surface area (Å²) in [6.07, 6.45) is 3.32. The fourth-order valence-corrected chi connectivity index (χ4v) is 2.72. The summed E-state index contributed by atoms with van der Waals surface area (Å²) in [5.41, 5.74) is 0.709. The topological polar surface area (TPSA) is 88.1 Å². The van der Waals surface area contributed by atoms with Gasteiger partial charge in [-0.15, -0.1) is 5.10 Å². The molecule has 0 aliphatic rings. The Labute approximate surface area is 145 Å². The van der Waals surface area contributed by atoms with Gasteiger partial charge in [-0.05, 0) is 44.2 Å². The number of carboxylic acids is 1. The van der Waals surface area contributed by atoms with Gasteiger partial charge < -0.3 is 9.84 Å². The van der Waals surface area contributed by atoms with E-state index in [1.807, 2.05) is 45.0 Å². The van der Waals surface area contributed by atoms with Crippen molar-refractivity contribution in [3.05, 3.63) is 40.6 Å². The Kier molecular flexibility index (Phi) is 6.43. The third kappa shape index (κ3) is 5.13. The highest BCUT2D eigenvalue weighted by Crippen LogP contribution is 2.29. The number of aliphatic carboxylic acids is 1. The Bertz CT molecular complexity index is 725. The van der Waals surface area contributed by atoms with Gasteiger partial charge in [-0.3, -0.25) is 5.10 Å². The van der Waals surface area contributed by atoms with Crippen molar-refractivity contribution in [2.75, 3.05) is 0 Å². The molecule has 0 spiro atoms. The standard InChI is InChI=1S/C17H21N3O3S/c1-4-7-15-18-17(20-19-15)24-14(16(21)22)10-12-8-5-6-9-13(12)23-11(2)3/h5-6,8-11H,4,7H2,1-3H3,(H,21,22)(H,18,19,20)/b14-10-. The molecule has 6 nitrogen and oxygen atoms in total. The van der Waals surface area contributed by atoms with Crippen molar-refractivity contribution in [2.45, 2.75) is 44.9 Å². The summed E-state index contributed by atoms with van der Waals surface area (Å²) in [5, 5.41) is 16.8. The molecule has 1 aromatic heterocycles. The smallest absolute Gasteiger partial charge is 0.342 e. The largest absolute Gasteiger partial charge is 0.490 e. The molecule has 0 bridgehead atoms. The minimum atomic E-state index is -1.03. The molecular weight excluding hydrogens is 326 g/mol. The first-order valence-corrected chi connectivity index (χ1v) is 8.61. The number of rotatable bonds is 8. The van der Waals surface area contributed by atoms with Gasteiger partial charge in [0.15, 0.2) is 0 Å². The second-order valence-corrected chi connectivity index (χ2v) is 6.44. The highest BCUT2D eigenvalue weighted by atomic mass is 32.2. The molecule has 1 aromatic carbocycles. The van der Waals surface area contributed by atoms with E-state index in [2.05, 4.69) is 15.2 Å². The molecule has 128 valence electrons. The van der Waals surface area contributed by atoms with Crippen LogP contribution in [0.4, 0.5) is 0 Å². The molecule has 0 aliphatic heterocycles.